The Labute approximate surface area is 172 Å². The van der Waals surface area contributed by atoms with Crippen molar-refractivity contribution in [1.29, 1.82) is 0 Å². The summed E-state index contributed by atoms with van der Waals surface area (Å²) < 4.78 is 33.1. The summed E-state index contributed by atoms with van der Waals surface area (Å²) in [5, 5.41) is 3.06. The fourth-order valence-electron chi connectivity index (χ4n) is 3.62. The molecule has 2 aromatic carbocycles. The van der Waals surface area contributed by atoms with E-state index < -0.39 is 10.0 Å². The van der Waals surface area contributed by atoms with Crippen LogP contribution in [0.5, 0.6) is 5.75 Å². The standard InChI is InChI=1S/C22H28N2O4S/c1-3-28-20-11-9-18(10-12-20)24-29(26,27)21-13-7-17(8-14-21)22(25)23-19-6-4-5-16(2)15-19/h7-14,16,19,24H,3-6,15H2,1-2H3,(H,23,25). The average Bonchev–Trinajstić information content (AvgIpc) is 2.69. The number of anilines is 1. The van der Waals surface area contributed by atoms with Crippen molar-refractivity contribution in [3.8, 4) is 5.75 Å². The highest BCUT2D eigenvalue weighted by atomic mass is 32.2. The fraction of sp³-hybridized carbons (Fsp3) is 0.409. The number of nitrogens with one attached hydrogen (secondary N) is 2. The molecule has 156 valence electrons. The first kappa shape index (κ1) is 21.2. The van der Waals surface area contributed by atoms with Crippen LogP contribution in [-0.2, 0) is 10.0 Å². The average molecular weight is 417 g/mol. The van der Waals surface area contributed by atoms with Gasteiger partial charge in [-0.1, -0.05) is 19.8 Å². The maximum Gasteiger partial charge on any atom is 0.261 e. The molecule has 0 spiro atoms. The van der Waals surface area contributed by atoms with E-state index in [0.29, 0.717) is 29.5 Å². The minimum atomic E-state index is -3.74. The normalized spacial score (nSPS) is 19.4. The summed E-state index contributed by atoms with van der Waals surface area (Å²) in [6, 6.07) is 12.9. The lowest BCUT2D eigenvalue weighted by atomic mass is 9.87. The van der Waals surface area contributed by atoms with Crippen LogP contribution >= 0.6 is 0 Å². The van der Waals surface area contributed by atoms with Gasteiger partial charge in [0.15, 0.2) is 0 Å². The third kappa shape index (κ3) is 5.73. The molecule has 0 radical (unpaired) electrons. The zero-order valence-electron chi connectivity index (χ0n) is 16.9. The van der Waals surface area contributed by atoms with Crippen LogP contribution in [0.1, 0.15) is 49.9 Å². The predicted molar refractivity (Wildman–Crippen MR) is 114 cm³/mol. The molecule has 6 nitrogen and oxygen atoms in total. The van der Waals surface area contributed by atoms with Gasteiger partial charge in [-0.15, -0.1) is 0 Å². The topological polar surface area (TPSA) is 84.5 Å². The monoisotopic (exact) mass is 416 g/mol. The van der Waals surface area contributed by atoms with E-state index in [1.807, 2.05) is 6.92 Å². The number of hydrogen-bond acceptors (Lipinski definition) is 4. The molecule has 3 rings (SSSR count). The maximum atomic E-state index is 12.6. The number of rotatable bonds is 7. The van der Waals surface area contributed by atoms with E-state index >= 15 is 0 Å². The van der Waals surface area contributed by atoms with Gasteiger partial charge in [-0.25, -0.2) is 8.42 Å². The first-order chi connectivity index (χ1) is 13.9. The summed E-state index contributed by atoms with van der Waals surface area (Å²) in [7, 11) is -3.74. The minimum absolute atomic E-state index is 0.106. The molecule has 0 aliphatic heterocycles. The van der Waals surface area contributed by atoms with Gasteiger partial charge in [0.05, 0.1) is 11.5 Å². The molecule has 29 heavy (non-hydrogen) atoms. The fourth-order valence-corrected chi connectivity index (χ4v) is 4.68. The van der Waals surface area contributed by atoms with Crippen LogP contribution in [-0.4, -0.2) is 27.0 Å². The van der Waals surface area contributed by atoms with E-state index in [9.17, 15) is 13.2 Å². The van der Waals surface area contributed by atoms with Crippen molar-refractivity contribution in [2.45, 2.75) is 50.5 Å². The Kier molecular flexibility index (Phi) is 6.79. The van der Waals surface area contributed by atoms with Gasteiger partial charge in [0, 0.05) is 17.3 Å². The molecule has 2 atom stereocenters. The van der Waals surface area contributed by atoms with Crippen LogP contribution < -0.4 is 14.8 Å². The number of benzene rings is 2. The molecule has 1 amide bonds. The SMILES string of the molecule is CCOc1ccc(NS(=O)(=O)c2ccc(C(=O)NC3CCCC(C)C3)cc2)cc1. The van der Waals surface area contributed by atoms with Crippen molar-refractivity contribution >= 4 is 21.6 Å². The summed E-state index contributed by atoms with van der Waals surface area (Å²) in [6.45, 7) is 4.64. The summed E-state index contributed by atoms with van der Waals surface area (Å²) in [6.07, 6.45) is 4.32. The molecule has 0 heterocycles. The van der Waals surface area contributed by atoms with E-state index in [4.69, 9.17) is 4.74 Å². The Morgan fingerprint density at radius 3 is 2.38 bits per heavy atom. The Balaban J connectivity index is 1.64. The quantitative estimate of drug-likeness (QED) is 0.709. The Morgan fingerprint density at radius 1 is 1.07 bits per heavy atom. The first-order valence-corrected chi connectivity index (χ1v) is 11.5. The van der Waals surface area contributed by atoms with Gasteiger partial charge in [0.1, 0.15) is 5.75 Å². The molecule has 7 heteroatoms. The molecule has 2 N–H and O–H groups in total. The Hall–Kier alpha value is -2.54. The van der Waals surface area contributed by atoms with E-state index in [2.05, 4.69) is 17.0 Å². The van der Waals surface area contributed by atoms with E-state index in [0.717, 1.165) is 19.3 Å². The molecular weight excluding hydrogens is 388 g/mol. The second kappa shape index (κ2) is 9.31. The first-order valence-electron chi connectivity index (χ1n) is 10.0. The smallest absolute Gasteiger partial charge is 0.261 e. The predicted octanol–water partition coefficient (Wildman–Crippen LogP) is 4.19. The van der Waals surface area contributed by atoms with Crippen molar-refractivity contribution in [1.82, 2.24) is 5.32 Å². The number of carbonyl (C=O) groups excluding carboxylic acids is 1. The third-order valence-corrected chi connectivity index (χ3v) is 6.51. The van der Waals surface area contributed by atoms with Crippen LogP contribution in [0.25, 0.3) is 0 Å². The molecule has 0 bridgehead atoms. The van der Waals surface area contributed by atoms with Crippen LogP contribution in [0.2, 0.25) is 0 Å². The second-order valence-electron chi connectivity index (χ2n) is 7.53. The van der Waals surface area contributed by atoms with Gasteiger partial charge < -0.3 is 10.1 Å². The van der Waals surface area contributed by atoms with Crippen LogP contribution in [0, 0.1) is 5.92 Å². The van der Waals surface area contributed by atoms with Crippen LogP contribution in [0.4, 0.5) is 5.69 Å². The van der Waals surface area contributed by atoms with Crippen molar-refractivity contribution in [3.05, 3.63) is 54.1 Å². The molecule has 2 unspecified atom stereocenters. The minimum Gasteiger partial charge on any atom is -0.494 e. The summed E-state index contributed by atoms with van der Waals surface area (Å²) in [5.41, 5.74) is 0.907. The number of carbonyl (C=O) groups is 1. The molecule has 1 fully saturated rings. The molecule has 1 aliphatic carbocycles. The molecule has 1 aliphatic rings. The summed E-state index contributed by atoms with van der Waals surface area (Å²) in [5.74, 6) is 1.14. The van der Waals surface area contributed by atoms with Crippen molar-refractivity contribution in [2.24, 2.45) is 5.92 Å². The molecule has 2 aromatic rings. The number of ether oxygens (including phenoxy) is 1. The summed E-state index contributed by atoms with van der Waals surface area (Å²) in [4.78, 5) is 12.6. The van der Waals surface area contributed by atoms with Crippen molar-refractivity contribution in [3.63, 3.8) is 0 Å². The highest BCUT2D eigenvalue weighted by Crippen LogP contribution is 2.24. The maximum absolute atomic E-state index is 12.6. The third-order valence-electron chi connectivity index (χ3n) is 5.12. The zero-order chi connectivity index (χ0) is 20.9. The van der Waals surface area contributed by atoms with Crippen LogP contribution in [0.15, 0.2) is 53.4 Å². The second-order valence-corrected chi connectivity index (χ2v) is 9.21. The van der Waals surface area contributed by atoms with Gasteiger partial charge in [-0.3, -0.25) is 9.52 Å². The highest BCUT2D eigenvalue weighted by molar-refractivity contribution is 7.92. The number of hydrogen-bond donors (Lipinski definition) is 2. The van der Waals surface area contributed by atoms with E-state index in [1.165, 1.54) is 18.6 Å². The van der Waals surface area contributed by atoms with E-state index in [-0.39, 0.29) is 16.8 Å². The summed E-state index contributed by atoms with van der Waals surface area (Å²) >= 11 is 0. The van der Waals surface area contributed by atoms with E-state index in [1.54, 1.807) is 36.4 Å². The number of sulfonamides is 1. The zero-order valence-corrected chi connectivity index (χ0v) is 17.7. The van der Waals surface area contributed by atoms with Gasteiger partial charge in [-0.2, -0.15) is 0 Å². The molecular formula is C22H28N2O4S. The number of amides is 1. The van der Waals surface area contributed by atoms with Crippen LogP contribution in [0.3, 0.4) is 0 Å². The van der Waals surface area contributed by atoms with Gasteiger partial charge in [0.25, 0.3) is 15.9 Å². The van der Waals surface area contributed by atoms with Crippen molar-refractivity contribution < 1.29 is 17.9 Å². The largest absolute Gasteiger partial charge is 0.494 e. The lowest BCUT2D eigenvalue weighted by Crippen LogP contribution is -2.37. The lowest BCUT2D eigenvalue weighted by molar-refractivity contribution is 0.0921. The highest BCUT2D eigenvalue weighted by Gasteiger charge is 2.21. The molecule has 1 saturated carbocycles. The molecule has 0 aromatic heterocycles. The van der Waals surface area contributed by atoms with Gasteiger partial charge >= 0.3 is 0 Å². The Bertz CT molecular complexity index is 924. The lowest BCUT2D eigenvalue weighted by Gasteiger charge is -2.27. The van der Waals surface area contributed by atoms with Gasteiger partial charge in [0.2, 0.25) is 0 Å². The van der Waals surface area contributed by atoms with Gasteiger partial charge in [-0.05, 0) is 74.2 Å². The Morgan fingerprint density at radius 2 is 1.76 bits per heavy atom. The van der Waals surface area contributed by atoms with Crippen molar-refractivity contribution in [2.75, 3.05) is 11.3 Å². The molecule has 0 saturated heterocycles.